The van der Waals surface area contributed by atoms with Gasteiger partial charge in [-0.3, -0.25) is 5.32 Å². The van der Waals surface area contributed by atoms with Crippen molar-refractivity contribution in [1.82, 2.24) is 15.3 Å². The van der Waals surface area contributed by atoms with Crippen LogP contribution in [0.3, 0.4) is 0 Å². The van der Waals surface area contributed by atoms with E-state index in [2.05, 4.69) is 36.5 Å². The summed E-state index contributed by atoms with van der Waals surface area (Å²) in [4.78, 5) is 30.1. The molecule has 0 saturated carbocycles. The molecule has 0 aliphatic heterocycles. The topological polar surface area (TPSA) is 104 Å². The maximum Gasteiger partial charge on any atom is 0.355 e. The number of anilines is 1. The van der Waals surface area contributed by atoms with Gasteiger partial charge in [-0.15, -0.1) is 11.3 Å². The molecule has 7 nitrogen and oxygen atoms in total. The Balaban J connectivity index is 1.74. The molecule has 2 rings (SSSR count). The number of thiazole rings is 2. The Labute approximate surface area is 130 Å². The molecule has 2 aromatic rings. The third-order valence-corrected chi connectivity index (χ3v) is 4.39. The summed E-state index contributed by atoms with van der Waals surface area (Å²) < 4.78 is 0.830. The molecule has 0 bridgehead atoms. The molecular formula is C10H9BrN4O3S2. The van der Waals surface area contributed by atoms with Gasteiger partial charge >= 0.3 is 12.0 Å². The van der Waals surface area contributed by atoms with Crippen LogP contribution in [0.4, 0.5) is 9.93 Å². The van der Waals surface area contributed by atoms with Gasteiger partial charge in [-0.25, -0.2) is 19.6 Å². The van der Waals surface area contributed by atoms with Crippen molar-refractivity contribution in [3.8, 4) is 0 Å². The summed E-state index contributed by atoms with van der Waals surface area (Å²) in [6.45, 7) is 0.366. The van der Waals surface area contributed by atoms with E-state index in [1.807, 2.05) is 0 Å². The normalized spacial score (nSPS) is 10.2. The number of carbonyl (C=O) groups excluding carboxylic acids is 1. The van der Waals surface area contributed by atoms with Crippen LogP contribution in [-0.2, 0) is 6.42 Å². The first-order chi connectivity index (χ1) is 9.54. The number of nitrogens with zero attached hydrogens (tertiary/aromatic N) is 2. The highest BCUT2D eigenvalue weighted by Crippen LogP contribution is 2.22. The molecule has 0 radical (unpaired) electrons. The third-order valence-electron chi connectivity index (χ3n) is 2.09. The molecule has 0 unspecified atom stereocenters. The molecule has 0 aliphatic rings. The zero-order chi connectivity index (χ0) is 14.5. The minimum Gasteiger partial charge on any atom is -0.476 e. The number of carboxylic acids is 1. The summed E-state index contributed by atoms with van der Waals surface area (Å²) in [6.07, 6.45) is 2.08. The number of aromatic carboxylic acids is 1. The predicted octanol–water partition coefficient (Wildman–Crippen LogP) is 2.42. The molecule has 10 heteroatoms. The molecule has 0 aliphatic carbocycles. The lowest BCUT2D eigenvalue weighted by atomic mass is 10.4. The van der Waals surface area contributed by atoms with Gasteiger partial charge in [0.25, 0.3) is 0 Å². The fourth-order valence-corrected chi connectivity index (χ4v) is 3.13. The maximum atomic E-state index is 11.5. The summed E-state index contributed by atoms with van der Waals surface area (Å²) in [5.74, 6) is -1.05. The van der Waals surface area contributed by atoms with Crippen molar-refractivity contribution < 1.29 is 14.7 Å². The van der Waals surface area contributed by atoms with Crippen molar-refractivity contribution in [3.63, 3.8) is 0 Å². The lowest BCUT2D eigenvalue weighted by molar-refractivity contribution is 0.0691. The van der Waals surface area contributed by atoms with E-state index >= 15 is 0 Å². The number of urea groups is 1. The van der Waals surface area contributed by atoms with Crippen LogP contribution < -0.4 is 10.6 Å². The minimum atomic E-state index is -1.05. The molecule has 0 spiro atoms. The predicted molar refractivity (Wildman–Crippen MR) is 79.6 cm³/mol. The third kappa shape index (κ3) is 4.25. The second-order valence-electron chi connectivity index (χ2n) is 3.53. The smallest absolute Gasteiger partial charge is 0.355 e. The van der Waals surface area contributed by atoms with Gasteiger partial charge in [0.1, 0.15) is 0 Å². The molecule has 2 heterocycles. The summed E-state index contributed by atoms with van der Waals surface area (Å²) >= 11 is 5.82. The van der Waals surface area contributed by atoms with Gasteiger partial charge in [-0.2, -0.15) is 0 Å². The first-order valence-corrected chi connectivity index (χ1v) is 7.87. The van der Waals surface area contributed by atoms with E-state index in [-0.39, 0.29) is 11.7 Å². The van der Waals surface area contributed by atoms with Crippen LogP contribution in [0.25, 0.3) is 0 Å². The van der Waals surface area contributed by atoms with Gasteiger partial charge < -0.3 is 10.4 Å². The number of aromatic nitrogens is 2. The molecule has 20 heavy (non-hydrogen) atoms. The summed E-state index contributed by atoms with van der Waals surface area (Å²) in [6, 6.07) is -0.359. The van der Waals surface area contributed by atoms with Crippen molar-refractivity contribution >= 4 is 55.7 Å². The number of carbonyl (C=O) groups is 2. The number of amides is 2. The molecule has 0 fully saturated rings. The molecule has 0 aromatic carbocycles. The first kappa shape index (κ1) is 14.9. The number of halogens is 1. The van der Waals surface area contributed by atoms with E-state index in [0.717, 1.165) is 3.79 Å². The van der Waals surface area contributed by atoms with Gasteiger partial charge in [0.05, 0.1) is 15.0 Å². The molecular weight excluding hydrogens is 368 g/mol. The average molecular weight is 377 g/mol. The van der Waals surface area contributed by atoms with Crippen molar-refractivity contribution in [2.24, 2.45) is 0 Å². The van der Waals surface area contributed by atoms with Crippen molar-refractivity contribution in [2.75, 3.05) is 11.9 Å². The number of carboxylic acid groups (broad SMARTS) is 1. The van der Waals surface area contributed by atoms with Crippen LogP contribution in [0.5, 0.6) is 0 Å². The van der Waals surface area contributed by atoms with Crippen LogP contribution >= 0.6 is 38.6 Å². The molecule has 0 atom stereocenters. The van der Waals surface area contributed by atoms with Crippen LogP contribution in [0.2, 0.25) is 0 Å². The van der Waals surface area contributed by atoms with Crippen molar-refractivity contribution in [3.05, 3.63) is 26.1 Å². The summed E-state index contributed by atoms with van der Waals surface area (Å²) in [5.41, 5.74) is 0.0297. The maximum absolute atomic E-state index is 11.5. The Hall–Kier alpha value is -1.52. The standard InChI is InChI=1S/C10H9BrN4O3S2/c11-6-3-13-10(20-6)15-9(18)12-2-1-7-14-5(4-19-7)8(16)17/h3-4H,1-2H2,(H,16,17)(H2,12,13,15,18). The molecule has 2 aromatic heterocycles. The highest BCUT2D eigenvalue weighted by molar-refractivity contribution is 9.11. The van der Waals surface area contributed by atoms with Gasteiger partial charge in [-0.05, 0) is 15.9 Å². The molecule has 3 N–H and O–H groups in total. The van der Waals surface area contributed by atoms with Gasteiger partial charge in [0.15, 0.2) is 10.8 Å². The Kier molecular flexibility index (Phi) is 5.04. The fourth-order valence-electron chi connectivity index (χ4n) is 1.26. The number of rotatable bonds is 5. The van der Waals surface area contributed by atoms with Crippen LogP contribution in [-0.4, -0.2) is 33.6 Å². The monoisotopic (exact) mass is 376 g/mol. The van der Waals surface area contributed by atoms with Gasteiger partial charge in [-0.1, -0.05) is 11.3 Å². The highest BCUT2D eigenvalue weighted by atomic mass is 79.9. The first-order valence-electron chi connectivity index (χ1n) is 5.38. The van der Waals surface area contributed by atoms with E-state index in [1.165, 1.54) is 28.1 Å². The van der Waals surface area contributed by atoms with Gasteiger partial charge in [0.2, 0.25) is 0 Å². The largest absolute Gasteiger partial charge is 0.476 e. The average Bonchev–Trinajstić information content (AvgIpc) is 2.99. The quantitative estimate of drug-likeness (QED) is 0.743. The Morgan fingerprint density at radius 1 is 1.45 bits per heavy atom. The SMILES string of the molecule is O=C(NCCc1nc(C(=O)O)cs1)Nc1ncc(Br)s1. The highest BCUT2D eigenvalue weighted by Gasteiger charge is 2.09. The van der Waals surface area contributed by atoms with Crippen LogP contribution in [0, 0.1) is 0 Å². The molecule has 0 saturated heterocycles. The van der Waals surface area contributed by atoms with Crippen molar-refractivity contribution in [1.29, 1.82) is 0 Å². The van der Waals surface area contributed by atoms with E-state index in [9.17, 15) is 9.59 Å². The molecule has 2 amide bonds. The Morgan fingerprint density at radius 3 is 2.85 bits per heavy atom. The Morgan fingerprint density at radius 2 is 2.25 bits per heavy atom. The Bertz CT molecular complexity index is 628. The van der Waals surface area contributed by atoms with E-state index < -0.39 is 5.97 Å². The van der Waals surface area contributed by atoms with Gasteiger partial charge in [0, 0.05) is 18.3 Å². The zero-order valence-corrected chi connectivity index (χ0v) is 13.1. The van der Waals surface area contributed by atoms with E-state index in [0.29, 0.717) is 23.1 Å². The number of hydrogen-bond acceptors (Lipinski definition) is 6. The second kappa shape index (κ2) is 6.77. The van der Waals surface area contributed by atoms with E-state index in [1.54, 1.807) is 6.20 Å². The van der Waals surface area contributed by atoms with E-state index in [4.69, 9.17) is 5.11 Å². The summed E-state index contributed by atoms with van der Waals surface area (Å²) in [7, 11) is 0. The summed E-state index contributed by atoms with van der Waals surface area (Å²) in [5, 5.41) is 16.6. The van der Waals surface area contributed by atoms with Crippen molar-refractivity contribution in [2.45, 2.75) is 6.42 Å². The second-order valence-corrected chi connectivity index (χ2v) is 6.88. The van der Waals surface area contributed by atoms with Crippen LogP contribution in [0.15, 0.2) is 15.4 Å². The number of hydrogen-bond donors (Lipinski definition) is 3. The minimum absolute atomic E-state index is 0.0297. The fraction of sp³-hybridized carbons (Fsp3) is 0.200. The number of nitrogens with one attached hydrogen (secondary N) is 2. The lowest BCUT2D eigenvalue weighted by Gasteiger charge is -2.03. The molecule has 106 valence electrons. The lowest BCUT2D eigenvalue weighted by Crippen LogP contribution is -2.30. The van der Waals surface area contributed by atoms with Crippen LogP contribution in [0.1, 0.15) is 15.5 Å². The zero-order valence-electron chi connectivity index (χ0n) is 9.92.